The van der Waals surface area contributed by atoms with Gasteiger partial charge in [0, 0.05) is 5.56 Å². The van der Waals surface area contributed by atoms with Gasteiger partial charge in [-0.3, -0.25) is 15.0 Å². The van der Waals surface area contributed by atoms with E-state index < -0.39 is 24.4 Å². The molecule has 1 N–H and O–H groups in total. The van der Waals surface area contributed by atoms with Gasteiger partial charge in [-0.15, -0.1) is 0 Å². The highest BCUT2D eigenvalue weighted by molar-refractivity contribution is 8.26. The van der Waals surface area contributed by atoms with Crippen molar-refractivity contribution < 1.29 is 28.6 Å². The molecule has 0 bridgehead atoms. The van der Waals surface area contributed by atoms with Crippen LogP contribution in [0.2, 0.25) is 0 Å². The quantitative estimate of drug-likeness (QED) is 0.561. The number of nitrogens with one attached hydrogen (secondary N) is 1. The van der Waals surface area contributed by atoms with Gasteiger partial charge >= 0.3 is 5.91 Å². The minimum absolute atomic E-state index is 0.0362. The lowest BCUT2D eigenvalue weighted by molar-refractivity contribution is -0.307. The fraction of sp³-hybridized carbons (Fsp3) is 0.0588. The molecule has 1 aromatic heterocycles. The molecule has 0 aliphatic carbocycles. The summed E-state index contributed by atoms with van der Waals surface area (Å²) in [6.45, 7) is -0.620. The number of hydrogen-bond acceptors (Lipinski definition) is 8. The van der Waals surface area contributed by atoms with Gasteiger partial charge < -0.3 is 19.1 Å². The van der Waals surface area contributed by atoms with Crippen molar-refractivity contribution in [1.29, 1.82) is 0 Å². The van der Waals surface area contributed by atoms with Crippen LogP contribution in [0.15, 0.2) is 52.0 Å². The molecular weight excluding hydrogens is 392 g/mol. The molecule has 1 saturated heterocycles. The van der Waals surface area contributed by atoms with Crippen molar-refractivity contribution in [3.05, 3.63) is 58.9 Å². The number of carboxylic acids is 1. The van der Waals surface area contributed by atoms with Gasteiger partial charge in [0.25, 0.3) is 5.91 Å². The molecule has 2 amide bonds. The average Bonchev–Trinajstić information content (AvgIpc) is 3.26. The van der Waals surface area contributed by atoms with Crippen LogP contribution in [-0.2, 0) is 9.59 Å². The number of nitrogens with zero attached hydrogens (tertiary/aromatic N) is 1. The molecule has 0 unspecified atom stereocenters. The highest BCUT2D eigenvalue weighted by Crippen LogP contribution is 2.33. The number of thiocarbonyl (C=S) groups is 1. The SMILES string of the molecule is O=C([O-])COc1ccccc1/C=C1/SC(=S)N(NC(=O)c2ccco2)C1=O. The number of carbonyl (C=O) groups excluding carboxylic acids is 3. The zero-order chi connectivity index (χ0) is 19.4. The number of furan rings is 1. The third-order valence-corrected chi connectivity index (χ3v) is 4.61. The minimum atomic E-state index is -1.36. The maximum Gasteiger partial charge on any atom is 0.305 e. The van der Waals surface area contributed by atoms with Crippen LogP contribution in [0.4, 0.5) is 0 Å². The van der Waals surface area contributed by atoms with Crippen molar-refractivity contribution in [1.82, 2.24) is 10.4 Å². The van der Waals surface area contributed by atoms with Gasteiger partial charge in [0.05, 0.1) is 17.1 Å². The number of carboxylic acid groups (broad SMARTS) is 1. The molecule has 2 aromatic rings. The molecule has 8 nitrogen and oxygen atoms in total. The summed E-state index contributed by atoms with van der Waals surface area (Å²) in [5, 5.41) is 11.5. The van der Waals surface area contributed by atoms with Crippen LogP contribution in [0.5, 0.6) is 5.75 Å². The van der Waals surface area contributed by atoms with Gasteiger partial charge in [-0.25, -0.2) is 0 Å². The number of rotatable bonds is 6. The van der Waals surface area contributed by atoms with Crippen LogP contribution in [0, 0.1) is 0 Å². The van der Waals surface area contributed by atoms with Gasteiger partial charge in [0.1, 0.15) is 12.4 Å². The second-order valence-corrected chi connectivity index (χ2v) is 6.81. The van der Waals surface area contributed by atoms with Crippen molar-refractivity contribution >= 4 is 52.2 Å². The van der Waals surface area contributed by atoms with Gasteiger partial charge in [0.2, 0.25) is 0 Å². The van der Waals surface area contributed by atoms with Crippen LogP contribution >= 0.6 is 24.0 Å². The fourth-order valence-electron chi connectivity index (χ4n) is 2.14. The van der Waals surface area contributed by atoms with Crippen LogP contribution in [0.1, 0.15) is 16.1 Å². The molecule has 1 aliphatic rings. The Morgan fingerprint density at radius 1 is 1.30 bits per heavy atom. The lowest BCUT2D eigenvalue weighted by Crippen LogP contribution is -2.44. The first-order chi connectivity index (χ1) is 13.0. The number of aliphatic carboxylic acids is 1. The fourth-order valence-corrected chi connectivity index (χ4v) is 3.31. The smallest absolute Gasteiger partial charge is 0.305 e. The van der Waals surface area contributed by atoms with Crippen molar-refractivity contribution in [2.75, 3.05) is 6.61 Å². The molecule has 10 heteroatoms. The number of para-hydroxylation sites is 1. The summed E-state index contributed by atoms with van der Waals surface area (Å²) in [5.41, 5.74) is 2.87. The normalized spacial score (nSPS) is 15.3. The second-order valence-electron chi connectivity index (χ2n) is 5.13. The molecule has 0 spiro atoms. The van der Waals surface area contributed by atoms with Crippen molar-refractivity contribution in [3.8, 4) is 5.75 Å². The van der Waals surface area contributed by atoms with E-state index in [0.29, 0.717) is 5.56 Å². The molecule has 0 saturated carbocycles. The Morgan fingerprint density at radius 2 is 2.07 bits per heavy atom. The maximum absolute atomic E-state index is 12.6. The van der Waals surface area contributed by atoms with Gasteiger partial charge in [-0.2, -0.15) is 5.01 Å². The predicted octanol–water partition coefficient (Wildman–Crippen LogP) is 0.954. The van der Waals surface area contributed by atoms with Gasteiger partial charge in [-0.05, 0) is 36.5 Å². The molecule has 0 atom stereocenters. The molecule has 27 heavy (non-hydrogen) atoms. The zero-order valence-electron chi connectivity index (χ0n) is 13.5. The lowest BCUT2D eigenvalue weighted by Gasteiger charge is -2.14. The van der Waals surface area contributed by atoms with E-state index in [2.05, 4.69) is 5.43 Å². The van der Waals surface area contributed by atoms with Crippen LogP contribution in [-0.4, -0.2) is 33.7 Å². The van der Waals surface area contributed by atoms with Crippen molar-refractivity contribution in [3.63, 3.8) is 0 Å². The Bertz CT molecular complexity index is 939. The minimum Gasteiger partial charge on any atom is -0.546 e. The molecule has 0 radical (unpaired) electrons. The van der Waals surface area contributed by atoms with E-state index >= 15 is 0 Å². The van der Waals surface area contributed by atoms with E-state index in [0.717, 1.165) is 16.8 Å². The summed E-state index contributed by atoms with van der Waals surface area (Å²) >= 11 is 6.13. The lowest BCUT2D eigenvalue weighted by atomic mass is 10.2. The number of benzene rings is 1. The molecule has 138 valence electrons. The first-order valence-electron chi connectivity index (χ1n) is 7.50. The highest BCUT2D eigenvalue weighted by Gasteiger charge is 2.34. The molecule has 1 aromatic carbocycles. The number of thioether (sulfide) groups is 1. The second kappa shape index (κ2) is 8.06. The average molecular weight is 403 g/mol. The first-order valence-corrected chi connectivity index (χ1v) is 8.72. The van der Waals surface area contributed by atoms with Crippen LogP contribution in [0.25, 0.3) is 6.08 Å². The Hall–Kier alpha value is -3.11. The van der Waals surface area contributed by atoms with E-state index in [1.807, 2.05) is 0 Å². The Kier molecular flexibility index (Phi) is 5.57. The van der Waals surface area contributed by atoms with E-state index in [1.54, 1.807) is 30.3 Å². The van der Waals surface area contributed by atoms with E-state index in [9.17, 15) is 19.5 Å². The van der Waals surface area contributed by atoms with Crippen molar-refractivity contribution in [2.24, 2.45) is 0 Å². The standard InChI is InChI=1S/C17H12N2O6S2/c20-14(21)9-25-11-5-2-1-4-10(11)8-13-16(23)19(17(26)27-13)18-15(22)12-6-3-7-24-12/h1-8H,9H2,(H,18,22)(H,20,21)/p-1/b13-8+. The van der Waals surface area contributed by atoms with Crippen LogP contribution in [0.3, 0.4) is 0 Å². The third-order valence-electron chi connectivity index (χ3n) is 3.30. The molecule has 2 heterocycles. The monoisotopic (exact) mass is 403 g/mol. The van der Waals surface area contributed by atoms with Gasteiger partial charge in [0.15, 0.2) is 10.1 Å². The maximum atomic E-state index is 12.6. The molecular formula is C17H11N2O6S2-. The molecule has 3 rings (SSSR count). The summed E-state index contributed by atoms with van der Waals surface area (Å²) in [5.74, 6) is -2.20. The number of ether oxygens (including phenoxy) is 1. The summed E-state index contributed by atoms with van der Waals surface area (Å²) in [7, 11) is 0. The largest absolute Gasteiger partial charge is 0.546 e. The van der Waals surface area contributed by atoms with E-state index in [-0.39, 0.29) is 20.7 Å². The number of hydrogen-bond donors (Lipinski definition) is 1. The molecule has 1 fully saturated rings. The van der Waals surface area contributed by atoms with E-state index in [1.165, 1.54) is 18.4 Å². The number of amides is 2. The Morgan fingerprint density at radius 3 is 2.78 bits per heavy atom. The van der Waals surface area contributed by atoms with Gasteiger partial charge in [-0.1, -0.05) is 30.0 Å². The van der Waals surface area contributed by atoms with Crippen LogP contribution < -0.4 is 15.3 Å². The highest BCUT2D eigenvalue weighted by atomic mass is 32.2. The summed E-state index contributed by atoms with van der Waals surface area (Å²) in [6.07, 6.45) is 2.84. The van der Waals surface area contributed by atoms with Crippen molar-refractivity contribution in [2.45, 2.75) is 0 Å². The third kappa shape index (κ3) is 4.36. The first kappa shape index (κ1) is 18.7. The number of hydrazine groups is 1. The predicted molar refractivity (Wildman–Crippen MR) is 98.1 cm³/mol. The Balaban J connectivity index is 1.78. The topological polar surface area (TPSA) is 112 Å². The summed E-state index contributed by atoms with van der Waals surface area (Å²) in [4.78, 5) is 35.4. The zero-order valence-corrected chi connectivity index (χ0v) is 15.2. The molecule has 1 aliphatic heterocycles. The summed E-state index contributed by atoms with van der Waals surface area (Å²) in [6, 6.07) is 9.58. The van der Waals surface area contributed by atoms with E-state index in [4.69, 9.17) is 21.4 Å². The number of carbonyl (C=O) groups is 3. The summed E-state index contributed by atoms with van der Waals surface area (Å²) < 4.78 is 10.3. The Labute approximate surface area is 162 Å².